The van der Waals surface area contributed by atoms with Crippen LogP contribution in [0, 0.1) is 6.92 Å². The molecule has 0 aliphatic carbocycles. The van der Waals surface area contributed by atoms with Gasteiger partial charge in [-0.05, 0) is 50.5 Å². The summed E-state index contributed by atoms with van der Waals surface area (Å²) in [6.07, 6.45) is 3.73. The molecule has 0 radical (unpaired) electrons. The molecule has 0 N–H and O–H groups in total. The minimum Gasteiger partial charge on any atom is -0.305 e. The van der Waals surface area contributed by atoms with Crippen LogP contribution in [0.3, 0.4) is 0 Å². The Balaban J connectivity index is 1.77. The lowest BCUT2D eigenvalue weighted by Gasteiger charge is -2.22. The summed E-state index contributed by atoms with van der Waals surface area (Å²) in [6.45, 7) is 6.26. The third-order valence-electron chi connectivity index (χ3n) is 4.96. The van der Waals surface area contributed by atoms with Gasteiger partial charge in [0.15, 0.2) is 0 Å². The van der Waals surface area contributed by atoms with Crippen molar-refractivity contribution in [2.24, 2.45) is 0 Å². The van der Waals surface area contributed by atoms with E-state index in [0.29, 0.717) is 5.56 Å². The molecular weight excluding hydrogens is 298 g/mol. The lowest BCUT2D eigenvalue weighted by Crippen LogP contribution is -2.35. The van der Waals surface area contributed by atoms with Gasteiger partial charge in [0.05, 0.1) is 11.3 Å². The molecule has 1 atom stereocenters. The molecule has 1 aliphatic heterocycles. The third-order valence-corrected chi connectivity index (χ3v) is 4.96. The number of nitrogens with zero attached hydrogens (tertiary/aromatic N) is 3. The SMILES string of the molecule is CCc1nc2ccc(C(=O)N3c4ccccc4CC3C)cn2c1C. The van der Waals surface area contributed by atoms with Gasteiger partial charge in [-0.1, -0.05) is 25.1 Å². The fourth-order valence-electron chi connectivity index (χ4n) is 3.69. The molecule has 1 unspecified atom stereocenters. The smallest absolute Gasteiger partial charge is 0.260 e. The van der Waals surface area contributed by atoms with Crippen LogP contribution in [0.25, 0.3) is 5.65 Å². The number of carbonyl (C=O) groups is 1. The maximum Gasteiger partial charge on any atom is 0.260 e. The number of aryl methyl sites for hydroxylation is 2. The number of para-hydroxylation sites is 1. The highest BCUT2D eigenvalue weighted by Gasteiger charge is 2.31. The Morgan fingerprint density at radius 1 is 1.25 bits per heavy atom. The molecule has 0 bridgehead atoms. The number of imidazole rings is 1. The third kappa shape index (κ3) is 2.13. The fourth-order valence-corrected chi connectivity index (χ4v) is 3.69. The van der Waals surface area contributed by atoms with Crippen LogP contribution in [0.15, 0.2) is 42.6 Å². The van der Waals surface area contributed by atoms with Crippen molar-refractivity contribution in [3.63, 3.8) is 0 Å². The van der Waals surface area contributed by atoms with E-state index in [1.54, 1.807) is 0 Å². The minimum atomic E-state index is 0.0560. The average Bonchev–Trinajstić information content (AvgIpc) is 3.10. The van der Waals surface area contributed by atoms with Crippen LogP contribution in [0.1, 0.15) is 41.2 Å². The van der Waals surface area contributed by atoms with Gasteiger partial charge in [-0.2, -0.15) is 0 Å². The van der Waals surface area contributed by atoms with E-state index in [1.165, 1.54) is 5.56 Å². The van der Waals surface area contributed by atoms with Gasteiger partial charge in [-0.3, -0.25) is 4.79 Å². The van der Waals surface area contributed by atoms with Crippen LogP contribution < -0.4 is 4.90 Å². The molecular formula is C20H21N3O. The molecule has 2 aromatic heterocycles. The number of hydrogen-bond donors (Lipinski definition) is 0. The van der Waals surface area contributed by atoms with Crippen molar-refractivity contribution in [2.75, 3.05) is 4.90 Å². The first-order chi connectivity index (χ1) is 11.6. The highest BCUT2D eigenvalue weighted by molar-refractivity contribution is 6.07. The summed E-state index contributed by atoms with van der Waals surface area (Å²) in [5.41, 5.74) is 6.07. The van der Waals surface area contributed by atoms with Crippen LogP contribution >= 0.6 is 0 Å². The van der Waals surface area contributed by atoms with E-state index in [1.807, 2.05) is 45.8 Å². The quantitative estimate of drug-likeness (QED) is 0.720. The van der Waals surface area contributed by atoms with E-state index >= 15 is 0 Å². The number of rotatable bonds is 2. The van der Waals surface area contributed by atoms with E-state index in [-0.39, 0.29) is 11.9 Å². The van der Waals surface area contributed by atoms with E-state index in [9.17, 15) is 4.79 Å². The maximum absolute atomic E-state index is 13.1. The molecule has 4 rings (SSSR count). The van der Waals surface area contributed by atoms with Crippen molar-refractivity contribution in [1.82, 2.24) is 9.38 Å². The first kappa shape index (κ1) is 14.9. The summed E-state index contributed by atoms with van der Waals surface area (Å²) >= 11 is 0. The summed E-state index contributed by atoms with van der Waals surface area (Å²) in [5, 5.41) is 0. The molecule has 4 heteroatoms. The van der Waals surface area contributed by atoms with Crippen LogP contribution in [0.5, 0.6) is 0 Å². The van der Waals surface area contributed by atoms with Gasteiger partial charge in [0.2, 0.25) is 0 Å². The number of carbonyl (C=O) groups excluding carboxylic acids is 1. The second-order valence-electron chi connectivity index (χ2n) is 6.50. The summed E-state index contributed by atoms with van der Waals surface area (Å²) in [6, 6.07) is 12.2. The summed E-state index contributed by atoms with van der Waals surface area (Å²) in [5.74, 6) is 0.0560. The molecule has 0 fully saturated rings. The van der Waals surface area contributed by atoms with Gasteiger partial charge in [0.25, 0.3) is 5.91 Å². The second-order valence-corrected chi connectivity index (χ2v) is 6.50. The largest absolute Gasteiger partial charge is 0.305 e. The normalized spacial score (nSPS) is 16.6. The monoisotopic (exact) mass is 319 g/mol. The Labute approximate surface area is 141 Å². The lowest BCUT2D eigenvalue weighted by molar-refractivity contribution is 0.0981. The van der Waals surface area contributed by atoms with Crippen molar-refractivity contribution >= 4 is 17.2 Å². The number of amides is 1. The average molecular weight is 319 g/mol. The Morgan fingerprint density at radius 2 is 2.04 bits per heavy atom. The first-order valence-corrected chi connectivity index (χ1v) is 8.49. The summed E-state index contributed by atoms with van der Waals surface area (Å²) < 4.78 is 2.03. The highest BCUT2D eigenvalue weighted by Crippen LogP contribution is 2.33. The van der Waals surface area contributed by atoms with Gasteiger partial charge in [0, 0.05) is 23.6 Å². The van der Waals surface area contributed by atoms with Crippen molar-refractivity contribution in [2.45, 2.75) is 39.7 Å². The number of hydrogen-bond acceptors (Lipinski definition) is 2. The molecule has 4 nitrogen and oxygen atoms in total. The second kappa shape index (κ2) is 5.48. The topological polar surface area (TPSA) is 37.6 Å². The number of benzene rings is 1. The van der Waals surface area contributed by atoms with Gasteiger partial charge >= 0.3 is 0 Å². The molecule has 3 heterocycles. The summed E-state index contributed by atoms with van der Waals surface area (Å²) in [4.78, 5) is 19.7. The van der Waals surface area contributed by atoms with E-state index in [0.717, 1.165) is 35.6 Å². The number of aromatic nitrogens is 2. The number of anilines is 1. The number of pyridine rings is 1. The first-order valence-electron chi connectivity index (χ1n) is 8.49. The standard InChI is InChI=1S/C20H21N3O/c1-4-17-14(3)22-12-16(9-10-19(22)21-17)20(24)23-13(2)11-15-7-5-6-8-18(15)23/h5-10,12-13H,4,11H2,1-3H3. The maximum atomic E-state index is 13.1. The zero-order valence-corrected chi connectivity index (χ0v) is 14.3. The Hall–Kier alpha value is -2.62. The van der Waals surface area contributed by atoms with Gasteiger partial charge in [0.1, 0.15) is 5.65 Å². The molecule has 3 aromatic rings. The molecule has 0 saturated carbocycles. The van der Waals surface area contributed by atoms with Crippen LogP contribution in [0.4, 0.5) is 5.69 Å². The lowest BCUT2D eigenvalue weighted by atomic mass is 10.1. The predicted molar refractivity (Wildman–Crippen MR) is 95.7 cm³/mol. The van der Waals surface area contributed by atoms with Crippen molar-refractivity contribution in [3.8, 4) is 0 Å². The highest BCUT2D eigenvalue weighted by atomic mass is 16.2. The Morgan fingerprint density at radius 3 is 2.83 bits per heavy atom. The molecule has 0 saturated heterocycles. The Bertz CT molecular complexity index is 941. The van der Waals surface area contributed by atoms with Crippen molar-refractivity contribution in [1.29, 1.82) is 0 Å². The summed E-state index contributed by atoms with van der Waals surface area (Å²) in [7, 11) is 0. The molecule has 24 heavy (non-hydrogen) atoms. The minimum absolute atomic E-state index is 0.0560. The van der Waals surface area contributed by atoms with Crippen LogP contribution in [-0.2, 0) is 12.8 Å². The van der Waals surface area contributed by atoms with Crippen LogP contribution in [-0.4, -0.2) is 21.3 Å². The molecule has 122 valence electrons. The van der Waals surface area contributed by atoms with Crippen molar-refractivity contribution in [3.05, 3.63) is 65.1 Å². The van der Waals surface area contributed by atoms with Gasteiger partial charge in [-0.15, -0.1) is 0 Å². The van der Waals surface area contributed by atoms with Gasteiger partial charge < -0.3 is 9.30 Å². The zero-order valence-electron chi connectivity index (χ0n) is 14.3. The molecule has 1 aromatic carbocycles. The molecule has 1 aliphatic rings. The van der Waals surface area contributed by atoms with Crippen LogP contribution in [0.2, 0.25) is 0 Å². The van der Waals surface area contributed by atoms with Gasteiger partial charge in [-0.25, -0.2) is 4.98 Å². The van der Waals surface area contributed by atoms with E-state index in [2.05, 4.69) is 31.8 Å². The Kier molecular flexibility index (Phi) is 3.41. The van der Waals surface area contributed by atoms with E-state index < -0.39 is 0 Å². The number of fused-ring (bicyclic) bond motifs is 2. The van der Waals surface area contributed by atoms with E-state index in [4.69, 9.17) is 0 Å². The molecule has 0 spiro atoms. The molecule has 1 amide bonds. The fraction of sp³-hybridized carbons (Fsp3) is 0.300. The zero-order chi connectivity index (χ0) is 16.8. The van der Waals surface area contributed by atoms with Crippen molar-refractivity contribution < 1.29 is 4.79 Å². The predicted octanol–water partition coefficient (Wildman–Crippen LogP) is 3.80.